The van der Waals surface area contributed by atoms with E-state index in [-0.39, 0.29) is 18.5 Å². The van der Waals surface area contributed by atoms with Crippen molar-refractivity contribution < 1.29 is 18.8 Å². The molecule has 1 aliphatic heterocycles. The van der Waals surface area contributed by atoms with Crippen LogP contribution in [0.3, 0.4) is 0 Å². The molecule has 19 heavy (non-hydrogen) atoms. The molecule has 1 atom stereocenters. The standard InChI is InChI=1S/C12H12FN3O3/c13-8-4-2-1-3-7(8)5-10(17)14-6-9-11(18)16-12(19)15-9/h1-4,9H,5-6H2,(H,14,17)(H2,15,16,18,19). The van der Waals surface area contributed by atoms with Gasteiger partial charge in [-0.3, -0.25) is 14.9 Å². The Labute approximate surface area is 108 Å². The van der Waals surface area contributed by atoms with Crippen LogP contribution in [-0.4, -0.2) is 30.4 Å². The van der Waals surface area contributed by atoms with Gasteiger partial charge >= 0.3 is 6.03 Å². The van der Waals surface area contributed by atoms with Crippen LogP contribution >= 0.6 is 0 Å². The fourth-order valence-electron chi connectivity index (χ4n) is 1.70. The monoisotopic (exact) mass is 265 g/mol. The van der Waals surface area contributed by atoms with E-state index in [1.165, 1.54) is 18.2 Å². The molecule has 4 amide bonds. The number of carbonyl (C=O) groups is 3. The Morgan fingerprint density at radius 3 is 2.68 bits per heavy atom. The molecule has 2 rings (SSSR count). The average Bonchev–Trinajstić information content (AvgIpc) is 2.68. The third-order valence-corrected chi connectivity index (χ3v) is 2.67. The summed E-state index contributed by atoms with van der Waals surface area (Å²) in [6.45, 7) is -0.0230. The summed E-state index contributed by atoms with van der Waals surface area (Å²) in [6, 6.07) is 4.59. The summed E-state index contributed by atoms with van der Waals surface area (Å²) in [5, 5.41) is 6.87. The summed E-state index contributed by atoms with van der Waals surface area (Å²) in [4.78, 5) is 33.6. The number of amides is 4. The van der Waals surface area contributed by atoms with E-state index in [0.717, 1.165) is 0 Å². The number of halogens is 1. The second-order valence-corrected chi connectivity index (χ2v) is 4.09. The molecule has 0 aliphatic carbocycles. The summed E-state index contributed by atoms with van der Waals surface area (Å²) < 4.78 is 13.3. The van der Waals surface area contributed by atoms with Crippen LogP contribution in [-0.2, 0) is 16.0 Å². The molecule has 7 heteroatoms. The van der Waals surface area contributed by atoms with Gasteiger partial charge in [0.1, 0.15) is 11.9 Å². The lowest BCUT2D eigenvalue weighted by Gasteiger charge is -2.09. The van der Waals surface area contributed by atoms with E-state index in [1.807, 2.05) is 5.32 Å². The first kappa shape index (κ1) is 13.0. The maximum absolute atomic E-state index is 13.3. The number of nitrogens with one attached hydrogen (secondary N) is 3. The molecule has 6 nitrogen and oxygen atoms in total. The van der Waals surface area contributed by atoms with E-state index in [1.54, 1.807) is 6.07 Å². The molecule has 0 radical (unpaired) electrons. The molecule has 3 N–H and O–H groups in total. The van der Waals surface area contributed by atoms with Crippen molar-refractivity contribution in [2.75, 3.05) is 6.54 Å². The lowest BCUT2D eigenvalue weighted by Crippen LogP contribution is -2.42. The predicted octanol–water partition coefficient (Wildman–Crippen LogP) is -0.308. The van der Waals surface area contributed by atoms with E-state index in [2.05, 4.69) is 10.6 Å². The minimum atomic E-state index is -0.780. The SMILES string of the molecule is O=C(Cc1ccccc1F)NCC1NC(=O)NC1=O. The summed E-state index contributed by atoms with van der Waals surface area (Å²) in [6.07, 6.45) is -0.116. The lowest BCUT2D eigenvalue weighted by atomic mass is 10.1. The van der Waals surface area contributed by atoms with E-state index >= 15 is 0 Å². The van der Waals surface area contributed by atoms with Crippen LogP contribution in [0.15, 0.2) is 24.3 Å². The van der Waals surface area contributed by atoms with Crippen LogP contribution in [0.5, 0.6) is 0 Å². The van der Waals surface area contributed by atoms with Crippen molar-refractivity contribution in [2.24, 2.45) is 0 Å². The van der Waals surface area contributed by atoms with Crippen LogP contribution in [0.4, 0.5) is 9.18 Å². The topological polar surface area (TPSA) is 87.3 Å². The Morgan fingerprint density at radius 2 is 2.05 bits per heavy atom. The van der Waals surface area contributed by atoms with Gasteiger partial charge in [0, 0.05) is 6.54 Å². The highest BCUT2D eigenvalue weighted by Gasteiger charge is 2.29. The van der Waals surface area contributed by atoms with Gasteiger partial charge in [-0.1, -0.05) is 18.2 Å². The molecule has 1 saturated heterocycles. The number of imide groups is 1. The highest BCUT2D eigenvalue weighted by Crippen LogP contribution is 2.06. The van der Waals surface area contributed by atoms with Crippen LogP contribution in [0.25, 0.3) is 0 Å². The van der Waals surface area contributed by atoms with E-state index in [4.69, 9.17) is 0 Å². The van der Waals surface area contributed by atoms with Crippen molar-refractivity contribution in [1.82, 2.24) is 16.0 Å². The van der Waals surface area contributed by atoms with Crippen LogP contribution < -0.4 is 16.0 Å². The zero-order valence-corrected chi connectivity index (χ0v) is 9.90. The van der Waals surface area contributed by atoms with Crippen LogP contribution in [0.2, 0.25) is 0 Å². The Kier molecular flexibility index (Phi) is 3.74. The molecule has 1 aliphatic rings. The minimum absolute atomic E-state index is 0.0230. The smallest absolute Gasteiger partial charge is 0.322 e. The average molecular weight is 265 g/mol. The lowest BCUT2D eigenvalue weighted by molar-refractivity contribution is -0.121. The number of carbonyl (C=O) groups excluding carboxylic acids is 3. The Morgan fingerprint density at radius 1 is 1.32 bits per heavy atom. The third-order valence-electron chi connectivity index (χ3n) is 2.67. The Bertz CT molecular complexity index is 533. The van der Waals surface area contributed by atoms with Gasteiger partial charge in [-0.15, -0.1) is 0 Å². The molecular formula is C12H12FN3O3. The molecule has 1 heterocycles. The first-order valence-corrected chi connectivity index (χ1v) is 5.67. The van der Waals surface area contributed by atoms with Gasteiger partial charge in [-0.25, -0.2) is 9.18 Å². The maximum atomic E-state index is 13.3. The molecule has 100 valence electrons. The summed E-state index contributed by atoms with van der Waals surface area (Å²) in [5.74, 6) is -1.36. The van der Waals surface area contributed by atoms with Crippen molar-refractivity contribution in [3.05, 3.63) is 35.6 Å². The summed E-state index contributed by atoms with van der Waals surface area (Å²) in [5.41, 5.74) is 0.278. The van der Waals surface area contributed by atoms with Crippen molar-refractivity contribution >= 4 is 17.8 Å². The number of urea groups is 1. The largest absolute Gasteiger partial charge is 0.353 e. The fourth-order valence-corrected chi connectivity index (χ4v) is 1.70. The Balaban J connectivity index is 1.84. The first-order chi connectivity index (χ1) is 9.06. The molecule has 0 spiro atoms. The fraction of sp³-hybridized carbons (Fsp3) is 0.250. The summed E-state index contributed by atoms with van der Waals surface area (Å²) in [7, 11) is 0. The molecule has 1 fully saturated rings. The van der Waals surface area contributed by atoms with Gasteiger partial charge in [0.2, 0.25) is 5.91 Å². The molecule has 0 saturated carbocycles. The van der Waals surface area contributed by atoms with Crippen molar-refractivity contribution in [2.45, 2.75) is 12.5 Å². The predicted molar refractivity (Wildman–Crippen MR) is 63.6 cm³/mol. The third kappa shape index (κ3) is 3.27. The van der Waals surface area contributed by atoms with Gasteiger partial charge in [0.25, 0.3) is 5.91 Å². The second-order valence-electron chi connectivity index (χ2n) is 4.09. The van der Waals surface area contributed by atoms with Gasteiger partial charge in [-0.2, -0.15) is 0 Å². The normalized spacial score (nSPS) is 17.8. The molecular weight excluding hydrogens is 253 g/mol. The van der Waals surface area contributed by atoms with E-state index in [0.29, 0.717) is 0 Å². The van der Waals surface area contributed by atoms with E-state index in [9.17, 15) is 18.8 Å². The van der Waals surface area contributed by atoms with Crippen LogP contribution in [0.1, 0.15) is 5.56 Å². The van der Waals surface area contributed by atoms with E-state index < -0.39 is 29.7 Å². The molecule has 0 bridgehead atoms. The highest BCUT2D eigenvalue weighted by atomic mass is 19.1. The molecule has 1 aromatic rings. The quantitative estimate of drug-likeness (QED) is 0.653. The van der Waals surface area contributed by atoms with Crippen LogP contribution in [0, 0.1) is 5.82 Å². The second kappa shape index (κ2) is 5.47. The van der Waals surface area contributed by atoms with Crippen molar-refractivity contribution in [3.63, 3.8) is 0 Å². The maximum Gasteiger partial charge on any atom is 0.322 e. The minimum Gasteiger partial charge on any atom is -0.353 e. The summed E-state index contributed by atoms with van der Waals surface area (Å²) >= 11 is 0. The van der Waals surface area contributed by atoms with Gasteiger partial charge in [0.15, 0.2) is 0 Å². The zero-order valence-electron chi connectivity index (χ0n) is 9.90. The van der Waals surface area contributed by atoms with Gasteiger partial charge in [0.05, 0.1) is 6.42 Å². The van der Waals surface area contributed by atoms with Crippen molar-refractivity contribution in [1.29, 1.82) is 0 Å². The molecule has 0 aromatic heterocycles. The number of benzene rings is 1. The molecule has 1 unspecified atom stereocenters. The van der Waals surface area contributed by atoms with Gasteiger partial charge in [-0.05, 0) is 11.6 Å². The number of hydrogen-bond acceptors (Lipinski definition) is 3. The Hall–Kier alpha value is -2.44. The first-order valence-electron chi connectivity index (χ1n) is 5.67. The van der Waals surface area contributed by atoms with Gasteiger partial charge < -0.3 is 10.6 Å². The molecule has 1 aromatic carbocycles. The van der Waals surface area contributed by atoms with Crippen molar-refractivity contribution in [3.8, 4) is 0 Å². The number of rotatable bonds is 4. The number of hydrogen-bond donors (Lipinski definition) is 3. The zero-order chi connectivity index (χ0) is 13.8. The highest BCUT2D eigenvalue weighted by molar-refractivity contribution is 6.04.